The Kier molecular flexibility index (Phi) is 4.81. The maximum Gasteiger partial charge on any atom is 0.240 e. The number of amides is 1. The van der Waals surface area contributed by atoms with Crippen molar-refractivity contribution >= 4 is 5.91 Å². The van der Waals surface area contributed by atoms with Crippen LogP contribution in [0.5, 0.6) is 0 Å². The molecule has 0 aliphatic heterocycles. The van der Waals surface area contributed by atoms with Crippen molar-refractivity contribution in [3.8, 4) is 0 Å². The molecule has 4 nitrogen and oxygen atoms in total. The number of hydrogen-bond donors (Lipinski definition) is 2. The van der Waals surface area contributed by atoms with Gasteiger partial charge in [-0.25, -0.2) is 0 Å². The molecule has 4 heteroatoms. The molecule has 0 aliphatic rings. The van der Waals surface area contributed by atoms with Crippen LogP contribution in [0.1, 0.15) is 6.92 Å². The smallest absolute Gasteiger partial charge is 0.240 e. The van der Waals surface area contributed by atoms with Crippen molar-refractivity contribution in [1.29, 1.82) is 0 Å². The highest BCUT2D eigenvalue weighted by atomic mass is 16.2. The minimum Gasteiger partial charge on any atom is -0.347 e. The van der Waals surface area contributed by atoms with E-state index in [9.17, 15) is 4.79 Å². The number of carbonyl (C=O) groups excluding carboxylic acids is 1. The zero-order valence-corrected chi connectivity index (χ0v) is 7.42. The Morgan fingerprint density at radius 2 is 2.18 bits per heavy atom. The zero-order chi connectivity index (χ0) is 8.85. The first-order chi connectivity index (χ1) is 5.09. The van der Waals surface area contributed by atoms with Crippen molar-refractivity contribution in [2.45, 2.75) is 13.0 Å². The van der Waals surface area contributed by atoms with Crippen molar-refractivity contribution in [2.75, 3.05) is 27.2 Å². The molecule has 0 saturated carbocycles. The lowest BCUT2D eigenvalue weighted by atomic mass is 10.3. The standard InChI is InChI=1S/C7H17N3O/c1-4-9-5-6(8)7(11)10(2)3/h6,9H,4-5,8H2,1-3H3. The van der Waals surface area contributed by atoms with Crippen LogP contribution in [0.4, 0.5) is 0 Å². The fourth-order valence-corrected chi connectivity index (χ4v) is 0.719. The molecule has 66 valence electrons. The second-order valence-electron chi connectivity index (χ2n) is 2.65. The van der Waals surface area contributed by atoms with Crippen LogP contribution in [0, 0.1) is 0 Å². The van der Waals surface area contributed by atoms with E-state index in [1.807, 2.05) is 6.92 Å². The molecule has 1 atom stereocenters. The third kappa shape index (κ3) is 3.95. The Labute approximate surface area is 67.7 Å². The maximum absolute atomic E-state index is 11.1. The first-order valence-corrected chi connectivity index (χ1v) is 3.77. The maximum atomic E-state index is 11.1. The highest BCUT2D eigenvalue weighted by Crippen LogP contribution is 1.83. The fourth-order valence-electron chi connectivity index (χ4n) is 0.719. The number of nitrogens with one attached hydrogen (secondary N) is 1. The van der Waals surface area contributed by atoms with Gasteiger partial charge < -0.3 is 16.0 Å². The predicted octanol–water partition coefficient (Wildman–Crippen LogP) is -0.989. The molecule has 0 fully saturated rings. The first-order valence-electron chi connectivity index (χ1n) is 3.77. The molecule has 3 N–H and O–H groups in total. The average molecular weight is 159 g/mol. The normalized spacial score (nSPS) is 12.7. The number of rotatable bonds is 4. The summed E-state index contributed by atoms with van der Waals surface area (Å²) in [4.78, 5) is 12.6. The fraction of sp³-hybridized carbons (Fsp3) is 0.857. The zero-order valence-electron chi connectivity index (χ0n) is 7.42. The molecule has 0 aromatic heterocycles. The van der Waals surface area contributed by atoms with Gasteiger partial charge in [-0.3, -0.25) is 4.79 Å². The quantitative estimate of drug-likeness (QED) is 0.554. The summed E-state index contributed by atoms with van der Waals surface area (Å²) in [5.41, 5.74) is 5.55. The van der Waals surface area contributed by atoms with Gasteiger partial charge in [0, 0.05) is 20.6 Å². The molecule has 0 aliphatic carbocycles. The number of carbonyl (C=O) groups is 1. The van der Waals surface area contributed by atoms with Gasteiger partial charge in [-0.2, -0.15) is 0 Å². The molecule has 0 heterocycles. The van der Waals surface area contributed by atoms with Gasteiger partial charge in [0.2, 0.25) is 5.91 Å². The van der Waals surface area contributed by atoms with Crippen molar-refractivity contribution in [3.05, 3.63) is 0 Å². The van der Waals surface area contributed by atoms with E-state index < -0.39 is 6.04 Å². The number of nitrogens with zero attached hydrogens (tertiary/aromatic N) is 1. The molecule has 1 amide bonds. The summed E-state index contributed by atoms with van der Waals surface area (Å²) >= 11 is 0. The SMILES string of the molecule is CCNCC(N)C(=O)N(C)C. The van der Waals surface area contributed by atoms with Gasteiger partial charge in [0.15, 0.2) is 0 Å². The van der Waals surface area contributed by atoms with Gasteiger partial charge >= 0.3 is 0 Å². The van der Waals surface area contributed by atoms with Crippen LogP contribution < -0.4 is 11.1 Å². The van der Waals surface area contributed by atoms with E-state index in [0.29, 0.717) is 6.54 Å². The summed E-state index contributed by atoms with van der Waals surface area (Å²) in [6.07, 6.45) is 0. The van der Waals surface area contributed by atoms with Crippen LogP contribution in [0.3, 0.4) is 0 Å². The minimum atomic E-state index is -0.412. The Morgan fingerprint density at radius 1 is 1.64 bits per heavy atom. The van der Waals surface area contributed by atoms with Crippen molar-refractivity contribution < 1.29 is 4.79 Å². The number of hydrogen-bond acceptors (Lipinski definition) is 3. The summed E-state index contributed by atoms with van der Waals surface area (Å²) in [6.45, 7) is 3.37. The Morgan fingerprint density at radius 3 is 2.55 bits per heavy atom. The largest absolute Gasteiger partial charge is 0.347 e. The first kappa shape index (κ1) is 10.4. The van der Waals surface area contributed by atoms with E-state index >= 15 is 0 Å². The Balaban J connectivity index is 3.64. The minimum absolute atomic E-state index is 0.0362. The molecule has 0 aromatic rings. The third-order valence-electron chi connectivity index (χ3n) is 1.37. The molecule has 0 spiro atoms. The van der Waals surface area contributed by atoms with Crippen LogP contribution in [0.2, 0.25) is 0 Å². The predicted molar refractivity (Wildman–Crippen MR) is 45.2 cm³/mol. The van der Waals surface area contributed by atoms with Gasteiger partial charge in [-0.05, 0) is 6.54 Å². The lowest BCUT2D eigenvalue weighted by Crippen LogP contribution is -2.46. The highest BCUT2D eigenvalue weighted by molar-refractivity contribution is 5.81. The van der Waals surface area contributed by atoms with Gasteiger partial charge in [-0.1, -0.05) is 6.92 Å². The van der Waals surface area contributed by atoms with Gasteiger partial charge in [0.05, 0.1) is 6.04 Å². The molecule has 0 rings (SSSR count). The molecule has 11 heavy (non-hydrogen) atoms. The highest BCUT2D eigenvalue weighted by Gasteiger charge is 2.13. The van der Waals surface area contributed by atoms with Crippen molar-refractivity contribution in [3.63, 3.8) is 0 Å². The van der Waals surface area contributed by atoms with Crippen LogP contribution >= 0.6 is 0 Å². The summed E-state index contributed by atoms with van der Waals surface area (Å²) < 4.78 is 0. The van der Waals surface area contributed by atoms with Crippen LogP contribution in [-0.4, -0.2) is 44.0 Å². The van der Waals surface area contributed by atoms with E-state index in [4.69, 9.17) is 5.73 Å². The van der Waals surface area contributed by atoms with E-state index in [1.54, 1.807) is 14.1 Å². The molecule has 0 saturated heterocycles. The van der Waals surface area contributed by atoms with Crippen LogP contribution in [0.15, 0.2) is 0 Å². The number of likely N-dealkylation sites (N-methyl/N-ethyl adjacent to an activating group) is 2. The average Bonchev–Trinajstić information content (AvgIpc) is 1.98. The van der Waals surface area contributed by atoms with Gasteiger partial charge in [0.1, 0.15) is 0 Å². The third-order valence-corrected chi connectivity index (χ3v) is 1.37. The van der Waals surface area contributed by atoms with E-state index in [2.05, 4.69) is 5.32 Å². The summed E-state index contributed by atoms with van der Waals surface area (Å²) in [5, 5.41) is 3.01. The van der Waals surface area contributed by atoms with Crippen molar-refractivity contribution in [2.24, 2.45) is 5.73 Å². The molecule has 1 unspecified atom stereocenters. The van der Waals surface area contributed by atoms with E-state index in [-0.39, 0.29) is 5.91 Å². The van der Waals surface area contributed by atoms with Gasteiger partial charge in [0.25, 0.3) is 0 Å². The van der Waals surface area contributed by atoms with Crippen LogP contribution in [-0.2, 0) is 4.79 Å². The Bertz CT molecular complexity index is 125. The Hall–Kier alpha value is -0.610. The van der Waals surface area contributed by atoms with Crippen LogP contribution in [0.25, 0.3) is 0 Å². The molecule has 0 radical (unpaired) electrons. The summed E-state index contributed by atoms with van der Waals surface area (Å²) in [7, 11) is 3.41. The van der Waals surface area contributed by atoms with E-state index in [1.165, 1.54) is 4.90 Å². The van der Waals surface area contributed by atoms with Gasteiger partial charge in [-0.15, -0.1) is 0 Å². The summed E-state index contributed by atoms with van der Waals surface area (Å²) in [6, 6.07) is -0.412. The molecular formula is C7H17N3O. The molecular weight excluding hydrogens is 142 g/mol. The topological polar surface area (TPSA) is 58.4 Å². The second kappa shape index (κ2) is 5.09. The van der Waals surface area contributed by atoms with Crippen molar-refractivity contribution in [1.82, 2.24) is 10.2 Å². The second-order valence-corrected chi connectivity index (χ2v) is 2.65. The molecule has 0 bridgehead atoms. The van der Waals surface area contributed by atoms with E-state index in [0.717, 1.165) is 6.54 Å². The molecule has 0 aromatic carbocycles. The lowest BCUT2D eigenvalue weighted by molar-refractivity contribution is -0.129. The monoisotopic (exact) mass is 159 g/mol. The summed E-state index contributed by atoms with van der Waals surface area (Å²) in [5.74, 6) is -0.0362. The lowest BCUT2D eigenvalue weighted by Gasteiger charge is -2.16. The number of nitrogens with two attached hydrogens (primary N) is 1.